The molecule has 0 aromatic rings. The first-order chi connectivity index (χ1) is 3.31. The Hall–Kier alpha value is -0.773. The molecule has 4 heteroatoms. The number of rotatable bonds is 2. The average molecular weight is 116 g/mol. The van der Waals surface area contributed by atoms with E-state index in [4.69, 9.17) is 0 Å². The molecule has 0 spiro atoms. The van der Waals surface area contributed by atoms with Crippen LogP contribution in [-0.4, -0.2) is 15.6 Å². The highest BCUT2D eigenvalue weighted by molar-refractivity contribution is 6.14. The van der Waals surface area contributed by atoms with E-state index in [0.29, 0.717) is 0 Å². The molecule has 0 heterocycles. The summed E-state index contributed by atoms with van der Waals surface area (Å²) in [7, 11) is -1.42. The van der Waals surface area contributed by atoms with Crippen LogP contribution in [0.4, 0.5) is 0 Å². The van der Waals surface area contributed by atoms with E-state index in [2.05, 4.69) is 11.0 Å². The van der Waals surface area contributed by atoms with E-state index in [0.717, 1.165) is 6.08 Å². The molecule has 0 amide bonds. The van der Waals surface area contributed by atoms with Gasteiger partial charge in [-0.3, -0.25) is 0 Å². The van der Waals surface area contributed by atoms with E-state index in [1.807, 2.05) is 0 Å². The standard InChI is InChI=1S/C3H4O3Si/c1-2-3(4)6-7-5/h2,7H,1H2. The Morgan fingerprint density at radius 2 is 2.43 bits per heavy atom. The van der Waals surface area contributed by atoms with Gasteiger partial charge in [0, 0.05) is 6.08 Å². The van der Waals surface area contributed by atoms with Gasteiger partial charge in [0.25, 0.3) is 0 Å². The molecule has 0 aliphatic carbocycles. The molecule has 0 saturated carbocycles. The lowest BCUT2D eigenvalue weighted by Crippen LogP contribution is -1.96. The smallest absolute Gasteiger partial charge is 0.458 e. The third-order valence-corrected chi connectivity index (χ3v) is 0.659. The van der Waals surface area contributed by atoms with Crippen LogP contribution in [0.15, 0.2) is 12.7 Å². The van der Waals surface area contributed by atoms with Gasteiger partial charge in [-0.15, -0.1) is 0 Å². The van der Waals surface area contributed by atoms with Gasteiger partial charge in [0.2, 0.25) is 0 Å². The topological polar surface area (TPSA) is 43.4 Å². The predicted octanol–water partition coefficient (Wildman–Crippen LogP) is -0.587. The molecule has 0 rings (SSSR count). The second-order valence-corrected chi connectivity index (χ2v) is 1.17. The lowest BCUT2D eigenvalue weighted by Gasteiger charge is -1.82. The van der Waals surface area contributed by atoms with Gasteiger partial charge in [0.15, 0.2) is 0 Å². The average Bonchev–Trinajstić information content (AvgIpc) is 1.68. The molecular weight excluding hydrogens is 112 g/mol. The summed E-state index contributed by atoms with van der Waals surface area (Å²) in [6.45, 7) is 3.08. The maximum atomic E-state index is 9.89. The summed E-state index contributed by atoms with van der Waals surface area (Å²) in [5.74, 6) is -0.634. The fourth-order valence-corrected chi connectivity index (χ4v) is 0.287. The van der Waals surface area contributed by atoms with Crippen molar-refractivity contribution in [3.63, 3.8) is 0 Å². The van der Waals surface area contributed by atoms with Crippen LogP contribution < -0.4 is 0 Å². The molecule has 0 aliphatic heterocycles. The van der Waals surface area contributed by atoms with Crippen molar-refractivity contribution in [2.45, 2.75) is 0 Å². The number of carbonyl (C=O) groups is 1. The van der Waals surface area contributed by atoms with Crippen molar-refractivity contribution in [2.24, 2.45) is 0 Å². The van der Waals surface area contributed by atoms with Gasteiger partial charge in [0.05, 0.1) is 0 Å². The Balaban J connectivity index is 3.36. The second kappa shape index (κ2) is 3.42. The molecule has 0 fully saturated rings. The second-order valence-electron chi connectivity index (χ2n) is 0.737. The van der Waals surface area contributed by atoms with E-state index in [-0.39, 0.29) is 0 Å². The molecule has 7 heavy (non-hydrogen) atoms. The molecule has 0 atom stereocenters. The summed E-state index contributed by atoms with van der Waals surface area (Å²) in [5, 5.41) is 0. The van der Waals surface area contributed by atoms with Crippen LogP contribution >= 0.6 is 0 Å². The Morgan fingerprint density at radius 1 is 1.86 bits per heavy atom. The van der Waals surface area contributed by atoms with Crippen molar-refractivity contribution in [3.05, 3.63) is 12.7 Å². The van der Waals surface area contributed by atoms with Gasteiger partial charge < -0.3 is 8.89 Å². The minimum atomic E-state index is -1.42. The van der Waals surface area contributed by atoms with Crippen LogP contribution in [0.25, 0.3) is 0 Å². The molecule has 0 bridgehead atoms. The molecule has 3 nitrogen and oxygen atoms in total. The monoisotopic (exact) mass is 116 g/mol. The molecular formula is C3H4O3Si. The van der Waals surface area contributed by atoms with Crippen molar-refractivity contribution in [1.82, 2.24) is 0 Å². The molecule has 0 unspecified atom stereocenters. The largest absolute Gasteiger partial charge is 0.494 e. The zero-order chi connectivity index (χ0) is 5.70. The highest BCUT2D eigenvalue weighted by Crippen LogP contribution is 1.68. The molecule has 0 radical (unpaired) electrons. The maximum Gasteiger partial charge on any atom is 0.494 e. The molecule has 0 N–H and O–H groups in total. The van der Waals surface area contributed by atoms with Crippen LogP contribution in [0.3, 0.4) is 0 Å². The van der Waals surface area contributed by atoms with Crippen LogP contribution in [0.5, 0.6) is 0 Å². The summed E-state index contributed by atoms with van der Waals surface area (Å²) in [4.78, 5) is 9.89. The molecule has 0 saturated heterocycles. The van der Waals surface area contributed by atoms with Crippen molar-refractivity contribution < 1.29 is 13.7 Å². The number of carbonyl (C=O) groups excluding carboxylic acids is 1. The molecule has 0 aliphatic rings. The Kier molecular flexibility index (Phi) is 3.04. The van der Waals surface area contributed by atoms with Crippen LogP contribution in [0, 0.1) is 0 Å². The Morgan fingerprint density at radius 3 is 2.57 bits per heavy atom. The molecule has 0 aromatic carbocycles. The first-order valence-electron chi connectivity index (χ1n) is 1.58. The van der Waals surface area contributed by atoms with Crippen LogP contribution in [0.1, 0.15) is 0 Å². The Labute approximate surface area is 43.0 Å². The van der Waals surface area contributed by atoms with E-state index >= 15 is 0 Å². The van der Waals surface area contributed by atoms with Gasteiger partial charge in [-0.05, 0) is 0 Å². The van der Waals surface area contributed by atoms with Crippen molar-refractivity contribution in [3.8, 4) is 0 Å². The van der Waals surface area contributed by atoms with E-state index in [9.17, 15) is 9.26 Å². The van der Waals surface area contributed by atoms with Crippen LogP contribution in [-0.2, 0) is 13.7 Å². The Bertz CT molecular complexity index is 98.4. The number of hydrogen-bond acceptors (Lipinski definition) is 3. The zero-order valence-electron chi connectivity index (χ0n) is 3.59. The summed E-state index contributed by atoms with van der Waals surface area (Å²) in [6.07, 6.45) is 0.963. The zero-order valence-corrected chi connectivity index (χ0v) is 4.74. The summed E-state index contributed by atoms with van der Waals surface area (Å²) in [5.41, 5.74) is 0. The van der Waals surface area contributed by atoms with E-state index in [1.54, 1.807) is 0 Å². The van der Waals surface area contributed by atoms with Crippen molar-refractivity contribution >= 4 is 15.6 Å². The molecule has 38 valence electrons. The third-order valence-electron chi connectivity index (χ3n) is 0.331. The van der Waals surface area contributed by atoms with Crippen LogP contribution in [0.2, 0.25) is 0 Å². The lowest BCUT2D eigenvalue weighted by molar-refractivity contribution is -0.129. The fourth-order valence-electron chi connectivity index (χ4n) is 0.0955. The summed E-state index contributed by atoms with van der Waals surface area (Å²) >= 11 is 0. The third kappa shape index (κ3) is 3.05. The van der Waals surface area contributed by atoms with E-state index in [1.165, 1.54) is 0 Å². The van der Waals surface area contributed by atoms with Gasteiger partial charge in [-0.1, -0.05) is 6.58 Å². The van der Waals surface area contributed by atoms with E-state index < -0.39 is 15.6 Å². The highest BCUT2D eigenvalue weighted by atomic mass is 28.2. The highest BCUT2D eigenvalue weighted by Gasteiger charge is 1.87. The SMILES string of the molecule is C=CC(=O)O[SiH]=O. The van der Waals surface area contributed by atoms with Gasteiger partial charge in [-0.25, -0.2) is 4.79 Å². The first-order valence-corrected chi connectivity index (χ1v) is 2.52. The molecule has 0 aromatic heterocycles. The van der Waals surface area contributed by atoms with Gasteiger partial charge >= 0.3 is 15.6 Å². The number of hydrogen-bond donors (Lipinski definition) is 0. The predicted molar refractivity (Wildman–Crippen MR) is 24.1 cm³/mol. The minimum Gasteiger partial charge on any atom is -0.458 e. The summed E-state index contributed by atoms with van der Waals surface area (Å²) < 4.78 is 13.5. The maximum absolute atomic E-state index is 9.89. The normalized spacial score (nSPS) is 6.86. The van der Waals surface area contributed by atoms with Crippen molar-refractivity contribution in [2.75, 3.05) is 0 Å². The lowest BCUT2D eigenvalue weighted by atomic mass is 10.7. The van der Waals surface area contributed by atoms with Gasteiger partial charge in [0.1, 0.15) is 0 Å². The van der Waals surface area contributed by atoms with Gasteiger partial charge in [-0.2, -0.15) is 0 Å². The minimum absolute atomic E-state index is 0.634. The van der Waals surface area contributed by atoms with Crippen molar-refractivity contribution in [1.29, 1.82) is 0 Å². The summed E-state index contributed by atoms with van der Waals surface area (Å²) in [6, 6.07) is 0. The first kappa shape index (κ1) is 6.23. The fraction of sp³-hybridized carbons (Fsp3) is 0. The quantitative estimate of drug-likeness (QED) is 0.358.